The normalized spacial score (nSPS) is 10.6. The Balaban J connectivity index is 0.00000320. The maximum absolute atomic E-state index is 12.3. The second kappa shape index (κ2) is 8.19. The zero-order valence-corrected chi connectivity index (χ0v) is 16.8. The lowest BCUT2D eigenvalue weighted by Gasteiger charge is -2.12. The molecule has 10 nitrogen and oxygen atoms in total. The van der Waals surface area contributed by atoms with E-state index in [1.807, 2.05) is 36.6 Å². The Morgan fingerprint density at radius 2 is 1.93 bits per heavy atom. The first-order valence-electron chi connectivity index (χ1n) is 8.55. The van der Waals surface area contributed by atoms with Crippen LogP contribution in [0.1, 0.15) is 6.99 Å². The van der Waals surface area contributed by atoms with Gasteiger partial charge in [0.1, 0.15) is 5.69 Å². The van der Waals surface area contributed by atoms with E-state index in [2.05, 4.69) is 20.7 Å². The standard InChI is InChI=1S/C18H19N7O3S.H2/c1-10-4-6-11(7-5-10)12-9-29-17(21-12)22-13(26)8-20-14-15(23-19)24(2)18(28)25(3)16(14)27;/h4-7,9,19-20H,8H2,1-3H3,(H,21,22,26);1H. The van der Waals surface area contributed by atoms with Crippen LogP contribution in [-0.2, 0) is 18.9 Å². The van der Waals surface area contributed by atoms with E-state index in [-0.39, 0.29) is 19.5 Å². The van der Waals surface area contributed by atoms with Crippen LogP contribution in [0.25, 0.3) is 11.3 Å². The van der Waals surface area contributed by atoms with Gasteiger partial charge in [-0.05, 0) is 6.92 Å². The van der Waals surface area contributed by atoms with Crippen LogP contribution in [0.3, 0.4) is 0 Å². The Kier molecular flexibility index (Phi) is 5.69. The van der Waals surface area contributed by atoms with E-state index in [4.69, 9.17) is 5.53 Å². The fraction of sp³-hybridized carbons (Fsp3) is 0.222. The summed E-state index contributed by atoms with van der Waals surface area (Å²) in [5.74, 6) is -0.580. The molecule has 1 aromatic carbocycles. The van der Waals surface area contributed by atoms with Gasteiger partial charge in [0.15, 0.2) is 10.9 Å². The fourth-order valence-electron chi connectivity index (χ4n) is 2.64. The van der Waals surface area contributed by atoms with E-state index < -0.39 is 17.2 Å². The maximum atomic E-state index is 12.3. The zero-order valence-electron chi connectivity index (χ0n) is 16.0. The Morgan fingerprint density at radius 3 is 2.59 bits per heavy atom. The minimum atomic E-state index is -0.664. The Bertz CT molecular complexity index is 1200. The highest BCUT2D eigenvalue weighted by Gasteiger charge is 2.16. The number of aromatic nitrogens is 3. The lowest BCUT2D eigenvalue weighted by Crippen LogP contribution is -2.39. The number of aryl methyl sites for hydroxylation is 1. The predicted octanol–water partition coefficient (Wildman–Crippen LogP) is 2.47. The summed E-state index contributed by atoms with van der Waals surface area (Å²) >= 11 is 1.29. The van der Waals surface area contributed by atoms with Crippen LogP contribution in [0.4, 0.5) is 16.6 Å². The van der Waals surface area contributed by atoms with Crippen molar-refractivity contribution in [3.63, 3.8) is 0 Å². The van der Waals surface area contributed by atoms with Gasteiger partial charge in [-0.3, -0.25) is 18.7 Å². The quantitative estimate of drug-likeness (QED) is 0.532. The molecule has 0 aliphatic carbocycles. The molecule has 3 N–H and O–H groups in total. The summed E-state index contributed by atoms with van der Waals surface area (Å²) in [5, 5.41) is 10.8. The first-order chi connectivity index (χ1) is 13.8. The third-order valence-corrected chi connectivity index (χ3v) is 5.02. The van der Waals surface area contributed by atoms with Crippen molar-refractivity contribution >= 4 is 33.9 Å². The van der Waals surface area contributed by atoms with Gasteiger partial charge in [0.25, 0.3) is 5.56 Å². The third kappa shape index (κ3) is 4.14. The Hall–Kier alpha value is -3.60. The van der Waals surface area contributed by atoms with Crippen LogP contribution < -0.4 is 21.9 Å². The summed E-state index contributed by atoms with van der Waals surface area (Å²) in [6.45, 7) is 1.75. The molecule has 0 bridgehead atoms. The topological polar surface area (TPSA) is 134 Å². The smallest absolute Gasteiger partial charge is 0.332 e. The molecular formula is C18H21N7O3S. The molecular weight excluding hydrogens is 394 g/mol. The van der Waals surface area contributed by atoms with Crippen molar-refractivity contribution in [3.05, 3.63) is 56.0 Å². The number of carbonyl (C=O) groups is 1. The number of hydrogen-bond donors (Lipinski definition) is 3. The number of benzene rings is 1. The number of amides is 1. The third-order valence-electron chi connectivity index (χ3n) is 4.26. The van der Waals surface area contributed by atoms with E-state index in [1.165, 1.54) is 25.4 Å². The predicted molar refractivity (Wildman–Crippen MR) is 113 cm³/mol. The van der Waals surface area contributed by atoms with Gasteiger partial charge >= 0.3 is 5.69 Å². The molecule has 11 heteroatoms. The van der Waals surface area contributed by atoms with Crippen molar-refractivity contribution in [2.24, 2.45) is 19.2 Å². The van der Waals surface area contributed by atoms with Gasteiger partial charge < -0.3 is 10.6 Å². The lowest BCUT2D eigenvalue weighted by atomic mass is 10.1. The van der Waals surface area contributed by atoms with Crippen molar-refractivity contribution in [1.29, 1.82) is 5.53 Å². The van der Waals surface area contributed by atoms with Crippen molar-refractivity contribution in [1.82, 2.24) is 14.1 Å². The van der Waals surface area contributed by atoms with Gasteiger partial charge in [0.2, 0.25) is 5.91 Å². The summed E-state index contributed by atoms with van der Waals surface area (Å²) in [4.78, 5) is 40.8. The Morgan fingerprint density at radius 1 is 1.24 bits per heavy atom. The van der Waals surface area contributed by atoms with Crippen LogP contribution in [-0.4, -0.2) is 26.6 Å². The van der Waals surface area contributed by atoms with Gasteiger partial charge in [0, 0.05) is 26.5 Å². The van der Waals surface area contributed by atoms with Gasteiger partial charge in [0.05, 0.1) is 12.2 Å². The second-order valence-electron chi connectivity index (χ2n) is 6.32. The van der Waals surface area contributed by atoms with E-state index in [0.29, 0.717) is 5.13 Å². The van der Waals surface area contributed by atoms with Crippen molar-refractivity contribution < 1.29 is 6.22 Å². The van der Waals surface area contributed by atoms with Gasteiger partial charge in [-0.25, -0.2) is 15.3 Å². The monoisotopic (exact) mass is 415 g/mol. The largest absolute Gasteiger partial charge is 0.369 e. The molecule has 0 atom stereocenters. The molecule has 0 aliphatic heterocycles. The number of nitrogens with zero attached hydrogens (tertiary/aromatic N) is 4. The van der Waals surface area contributed by atoms with E-state index in [0.717, 1.165) is 26.0 Å². The average Bonchev–Trinajstić information content (AvgIpc) is 3.17. The molecule has 3 aromatic rings. The van der Waals surface area contributed by atoms with Gasteiger partial charge in [-0.2, -0.15) is 0 Å². The highest BCUT2D eigenvalue weighted by atomic mass is 32.1. The fourth-order valence-corrected chi connectivity index (χ4v) is 3.38. The van der Waals surface area contributed by atoms with Crippen molar-refractivity contribution in [2.75, 3.05) is 17.2 Å². The molecule has 2 heterocycles. The Labute approximate surface area is 170 Å². The first-order valence-corrected chi connectivity index (χ1v) is 9.43. The molecule has 1 amide bonds. The van der Waals surface area contributed by atoms with Crippen LogP contribution in [0.15, 0.2) is 44.3 Å². The summed E-state index contributed by atoms with van der Waals surface area (Å²) in [7, 11) is 2.70. The van der Waals surface area contributed by atoms with Gasteiger partial charge in [-0.15, -0.1) is 16.5 Å². The molecule has 0 spiro atoms. The van der Waals surface area contributed by atoms with E-state index in [1.54, 1.807) is 0 Å². The highest BCUT2D eigenvalue weighted by Crippen LogP contribution is 2.25. The summed E-state index contributed by atoms with van der Waals surface area (Å²) < 4.78 is 1.94. The molecule has 152 valence electrons. The second-order valence-corrected chi connectivity index (χ2v) is 7.18. The molecule has 0 radical (unpaired) electrons. The van der Waals surface area contributed by atoms with Crippen molar-refractivity contribution in [3.8, 4) is 11.3 Å². The van der Waals surface area contributed by atoms with Crippen molar-refractivity contribution in [2.45, 2.75) is 6.92 Å². The SMILES string of the molecule is Cc1ccc(-c2csc(NC(=O)CNc3c(N=N)n(C)c(=O)n(C)c3=O)n2)cc1.[HH]. The minimum Gasteiger partial charge on any atom is -0.369 e. The number of hydrogen-bond acceptors (Lipinski definition) is 8. The molecule has 3 rings (SSSR count). The van der Waals surface area contributed by atoms with Crippen LogP contribution in [0, 0.1) is 12.5 Å². The van der Waals surface area contributed by atoms with Gasteiger partial charge in [-0.1, -0.05) is 29.8 Å². The molecule has 0 aliphatic rings. The number of anilines is 2. The number of thiazole rings is 1. The molecule has 29 heavy (non-hydrogen) atoms. The average molecular weight is 415 g/mol. The summed E-state index contributed by atoms with van der Waals surface area (Å²) in [5.41, 5.74) is 8.69. The molecule has 0 fully saturated rings. The number of carbonyl (C=O) groups excluding carboxylic acids is 1. The van der Waals surface area contributed by atoms with E-state index in [9.17, 15) is 14.4 Å². The minimum absolute atomic E-state index is 0. The highest BCUT2D eigenvalue weighted by molar-refractivity contribution is 7.14. The molecule has 2 aromatic heterocycles. The van der Waals surface area contributed by atoms with Crippen LogP contribution in [0.5, 0.6) is 0 Å². The number of nitrogens with one attached hydrogen (secondary N) is 3. The maximum Gasteiger partial charge on any atom is 0.332 e. The molecule has 0 saturated carbocycles. The first kappa shape index (κ1) is 20.1. The van der Waals surface area contributed by atoms with Crippen LogP contribution >= 0.6 is 11.3 Å². The summed E-state index contributed by atoms with van der Waals surface area (Å²) in [6.07, 6.45) is 0. The van der Waals surface area contributed by atoms with Crippen LogP contribution in [0.2, 0.25) is 0 Å². The lowest BCUT2D eigenvalue weighted by molar-refractivity contribution is -0.114. The summed E-state index contributed by atoms with van der Waals surface area (Å²) in [6, 6.07) is 7.89. The number of rotatable bonds is 6. The van der Waals surface area contributed by atoms with E-state index >= 15 is 0 Å². The zero-order chi connectivity index (χ0) is 21.1. The molecule has 0 unspecified atom stereocenters. The molecule has 0 saturated heterocycles.